The van der Waals surface area contributed by atoms with E-state index in [2.05, 4.69) is 10.4 Å². The number of nitrogens with zero attached hydrogens (tertiary/aromatic N) is 2. The number of hydrogen-bond donors (Lipinski definition) is 2. The molecular weight excluding hydrogens is 233 g/mol. The van der Waals surface area contributed by atoms with Crippen LogP contribution in [0.15, 0.2) is 0 Å². The molecule has 0 aliphatic rings. The van der Waals surface area contributed by atoms with Crippen LogP contribution in [0.4, 0.5) is 24.7 Å². The Balaban J connectivity index is 2.76. The van der Waals surface area contributed by atoms with Crippen LogP contribution in [0.1, 0.15) is 32.0 Å². The molecule has 0 aromatic carbocycles. The summed E-state index contributed by atoms with van der Waals surface area (Å²) in [5.74, 6) is 0.460. The highest BCUT2D eigenvalue weighted by Gasteiger charge is 2.26. The first-order chi connectivity index (χ1) is 7.72. The average molecular weight is 250 g/mol. The Kier molecular flexibility index (Phi) is 3.90. The minimum Gasteiger partial charge on any atom is -0.394 e. The van der Waals surface area contributed by atoms with Gasteiger partial charge < -0.3 is 11.1 Å². The summed E-state index contributed by atoms with van der Waals surface area (Å²) < 4.78 is 37.7. The van der Waals surface area contributed by atoms with Crippen LogP contribution in [0.3, 0.4) is 0 Å². The van der Waals surface area contributed by atoms with Crippen molar-refractivity contribution in [3.8, 4) is 0 Å². The lowest BCUT2D eigenvalue weighted by Crippen LogP contribution is -2.17. The highest BCUT2D eigenvalue weighted by atomic mass is 19.4. The molecule has 1 aromatic rings. The van der Waals surface area contributed by atoms with Crippen LogP contribution >= 0.6 is 0 Å². The van der Waals surface area contributed by atoms with Crippen LogP contribution < -0.4 is 11.1 Å². The van der Waals surface area contributed by atoms with Crippen molar-refractivity contribution in [1.29, 1.82) is 0 Å². The Hall–Kier alpha value is -1.40. The van der Waals surface area contributed by atoms with Crippen molar-refractivity contribution in [2.45, 2.75) is 39.4 Å². The summed E-state index contributed by atoms with van der Waals surface area (Å²) in [5.41, 5.74) is 6.79. The van der Waals surface area contributed by atoms with Crippen molar-refractivity contribution in [2.75, 3.05) is 17.6 Å². The fourth-order valence-corrected chi connectivity index (χ4v) is 1.43. The molecule has 0 aliphatic carbocycles. The van der Waals surface area contributed by atoms with Gasteiger partial charge in [0.1, 0.15) is 5.82 Å². The number of nitrogen functional groups attached to an aromatic ring is 1. The quantitative estimate of drug-likeness (QED) is 0.863. The number of aryl methyl sites for hydroxylation is 1. The van der Waals surface area contributed by atoms with Gasteiger partial charge in [-0.2, -0.15) is 18.3 Å². The first-order valence-electron chi connectivity index (χ1n) is 5.37. The minimum atomic E-state index is -4.17. The van der Waals surface area contributed by atoms with Gasteiger partial charge in [0.05, 0.1) is 17.8 Å². The molecule has 98 valence electrons. The van der Waals surface area contributed by atoms with Gasteiger partial charge in [-0.15, -0.1) is 0 Å². The SMILES string of the molecule is Cc1nn(C(C)C)c(NCCC(F)(F)F)c1N. The van der Waals surface area contributed by atoms with E-state index in [1.807, 2.05) is 13.8 Å². The van der Waals surface area contributed by atoms with Crippen LogP contribution in [-0.2, 0) is 0 Å². The second-order valence-electron chi connectivity index (χ2n) is 4.18. The zero-order valence-corrected chi connectivity index (χ0v) is 10.1. The number of rotatable bonds is 4. The van der Waals surface area contributed by atoms with E-state index in [4.69, 9.17) is 5.73 Å². The standard InChI is InChI=1S/C10H17F3N4/c1-6(2)17-9(8(14)7(3)16-17)15-5-4-10(11,12)13/h6,15H,4-5,14H2,1-3H3. The lowest BCUT2D eigenvalue weighted by Gasteiger charge is -2.14. The van der Waals surface area contributed by atoms with Crippen molar-refractivity contribution in [1.82, 2.24) is 9.78 Å². The Morgan fingerprint density at radius 3 is 2.47 bits per heavy atom. The van der Waals surface area contributed by atoms with Gasteiger partial charge in [-0.3, -0.25) is 0 Å². The number of hydrogen-bond acceptors (Lipinski definition) is 3. The summed E-state index contributed by atoms with van der Waals surface area (Å²) in [6.07, 6.45) is -5.06. The molecule has 0 spiro atoms. The molecule has 4 nitrogen and oxygen atoms in total. The van der Waals surface area contributed by atoms with Crippen molar-refractivity contribution in [3.63, 3.8) is 0 Å². The number of nitrogens with one attached hydrogen (secondary N) is 1. The van der Waals surface area contributed by atoms with Crippen molar-refractivity contribution in [2.24, 2.45) is 0 Å². The molecule has 0 unspecified atom stereocenters. The molecule has 0 bridgehead atoms. The Morgan fingerprint density at radius 2 is 2.00 bits per heavy atom. The fraction of sp³-hybridized carbons (Fsp3) is 0.700. The maximum Gasteiger partial charge on any atom is 0.390 e. The van der Waals surface area contributed by atoms with Gasteiger partial charge in [-0.25, -0.2) is 4.68 Å². The van der Waals surface area contributed by atoms with Crippen LogP contribution in [-0.4, -0.2) is 22.5 Å². The zero-order valence-electron chi connectivity index (χ0n) is 10.1. The molecule has 0 saturated heterocycles. The molecular formula is C10H17F3N4. The summed E-state index contributed by atoms with van der Waals surface area (Å²) in [6.45, 7) is 5.30. The number of nitrogens with two attached hydrogens (primary N) is 1. The van der Waals surface area contributed by atoms with E-state index in [1.165, 1.54) is 0 Å². The van der Waals surface area contributed by atoms with Gasteiger partial charge in [0.25, 0.3) is 0 Å². The third kappa shape index (κ3) is 3.54. The Bertz CT molecular complexity index is 382. The van der Waals surface area contributed by atoms with E-state index in [9.17, 15) is 13.2 Å². The van der Waals surface area contributed by atoms with Crippen molar-refractivity contribution < 1.29 is 13.2 Å². The Morgan fingerprint density at radius 1 is 1.41 bits per heavy atom. The van der Waals surface area contributed by atoms with Crippen LogP contribution in [0.5, 0.6) is 0 Å². The minimum absolute atomic E-state index is 0.0411. The Labute approximate surface area is 98.0 Å². The normalized spacial score (nSPS) is 12.2. The first kappa shape index (κ1) is 13.7. The fourth-order valence-electron chi connectivity index (χ4n) is 1.43. The first-order valence-corrected chi connectivity index (χ1v) is 5.37. The van der Waals surface area contributed by atoms with Crippen LogP contribution in [0, 0.1) is 6.92 Å². The summed E-state index contributed by atoms with van der Waals surface area (Å²) in [4.78, 5) is 0. The molecule has 0 aliphatic heterocycles. The van der Waals surface area contributed by atoms with Crippen molar-refractivity contribution in [3.05, 3.63) is 5.69 Å². The molecule has 1 heterocycles. The monoisotopic (exact) mass is 250 g/mol. The highest BCUT2D eigenvalue weighted by molar-refractivity contribution is 5.64. The predicted molar refractivity (Wildman–Crippen MR) is 60.9 cm³/mol. The largest absolute Gasteiger partial charge is 0.394 e. The van der Waals surface area contributed by atoms with Crippen molar-refractivity contribution >= 4 is 11.5 Å². The number of anilines is 2. The number of alkyl halides is 3. The van der Waals surface area contributed by atoms with E-state index >= 15 is 0 Å². The topological polar surface area (TPSA) is 55.9 Å². The van der Waals surface area contributed by atoms with Gasteiger partial charge in [0.2, 0.25) is 0 Å². The maximum atomic E-state index is 12.0. The molecule has 0 amide bonds. The van der Waals surface area contributed by atoms with Gasteiger partial charge in [-0.1, -0.05) is 0 Å². The molecule has 0 saturated carbocycles. The highest BCUT2D eigenvalue weighted by Crippen LogP contribution is 2.26. The summed E-state index contributed by atoms with van der Waals surface area (Å²) in [6, 6.07) is 0.0411. The van der Waals surface area contributed by atoms with Crippen LogP contribution in [0.2, 0.25) is 0 Å². The molecule has 0 radical (unpaired) electrons. The second kappa shape index (κ2) is 4.85. The third-order valence-corrected chi connectivity index (χ3v) is 2.32. The van der Waals surface area contributed by atoms with E-state index < -0.39 is 12.6 Å². The van der Waals surface area contributed by atoms with Gasteiger partial charge in [0.15, 0.2) is 0 Å². The van der Waals surface area contributed by atoms with Crippen LogP contribution in [0.25, 0.3) is 0 Å². The number of aromatic nitrogens is 2. The second-order valence-corrected chi connectivity index (χ2v) is 4.18. The summed E-state index contributed by atoms with van der Waals surface area (Å²) in [5, 5.41) is 6.87. The summed E-state index contributed by atoms with van der Waals surface area (Å²) >= 11 is 0. The lowest BCUT2D eigenvalue weighted by atomic mass is 10.3. The average Bonchev–Trinajstić information content (AvgIpc) is 2.44. The molecule has 0 atom stereocenters. The smallest absolute Gasteiger partial charge is 0.390 e. The van der Waals surface area contributed by atoms with E-state index in [1.54, 1.807) is 11.6 Å². The predicted octanol–water partition coefficient (Wildman–Crippen LogP) is 2.72. The maximum absolute atomic E-state index is 12.0. The lowest BCUT2D eigenvalue weighted by molar-refractivity contribution is -0.131. The molecule has 1 rings (SSSR count). The zero-order chi connectivity index (χ0) is 13.2. The van der Waals surface area contributed by atoms with E-state index in [0.717, 1.165) is 0 Å². The molecule has 7 heteroatoms. The molecule has 17 heavy (non-hydrogen) atoms. The summed E-state index contributed by atoms with van der Waals surface area (Å²) in [7, 11) is 0. The number of halogens is 3. The van der Waals surface area contributed by atoms with E-state index in [0.29, 0.717) is 17.2 Å². The molecule has 0 fully saturated rings. The van der Waals surface area contributed by atoms with Gasteiger partial charge in [-0.05, 0) is 20.8 Å². The van der Waals surface area contributed by atoms with Gasteiger partial charge >= 0.3 is 6.18 Å². The van der Waals surface area contributed by atoms with E-state index in [-0.39, 0.29) is 12.6 Å². The van der Waals surface area contributed by atoms with Gasteiger partial charge in [0, 0.05) is 12.6 Å². The molecule has 1 aromatic heterocycles. The third-order valence-electron chi connectivity index (χ3n) is 2.32. The molecule has 3 N–H and O–H groups in total.